The Morgan fingerprint density at radius 1 is 1.14 bits per heavy atom. The van der Waals surface area contributed by atoms with Gasteiger partial charge in [0.15, 0.2) is 0 Å². The summed E-state index contributed by atoms with van der Waals surface area (Å²) in [5, 5.41) is 22.9. The topological polar surface area (TPSA) is 92.5 Å². The highest BCUT2D eigenvalue weighted by molar-refractivity contribution is 6.04. The van der Waals surface area contributed by atoms with E-state index in [1.54, 1.807) is 26.0 Å². The average molecular weight is 286 g/mol. The van der Waals surface area contributed by atoms with E-state index in [0.29, 0.717) is 22.4 Å². The third kappa shape index (κ3) is 3.17. The van der Waals surface area contributed by atoms with Crippen LogP contribution < -0.4 is 5.32 Å². The lowest BCUT2D eigenvalue weighted by Crippen LogP contribution is -2.12. The van der Waals surface area contributed by atoms with E-state index in [4.69, 9.17) is 0 Å². The molecular formula is C15H14N2O4. The van der Waals surface area contributed by atoms with Crippen LogP contribution in [0.3, 0.4) is 0 Å². The molecule has 0 aliphatic rings. The maximum atomic E-state index is 12.1. The molecule has 2 aromatic carbocycles. The Kier molecular flexibility index (Phi) is 3.89. The molecule has 0 heterocycles. The molecule has 0 fully saturated rings. The number of hydrogen-bond donors (Lipinski definition) is 2. The number of carbonyl (C=O) groups excluding carboxylic acids is 1. The van der Waals surface area contributed by atoms with Crippen LogP contribution in [0.5, 0.6) is 5.75 Å². The van der Waals surface area contributed by atoms with Gasteiger partial charge in [0.05, 0.1) is 4.92 Å². The van der Waals surface area contributed by atoms with Crippen molar-refractivity contribution in [1.29, 1.82) is 0 Å². The van der Waals surface area contributed by atoms with Gasteiger partial charge in [0, 0.05) is 22.9 Å². The van der Waals surface area contributed by atoms with Crippen molar-refractivity contribution in [2.24, 2.45) is 0 Å². The standard InChI is InChI=1S/C15H14N2O4/c1-9-7-11(3-5-13(9)17(20)21)15(19)16-12-4-6-14(18)10(2)8-12/h3-8,18H,1-2H3,(H,16,19). The SMILES string of the molecule is Cc1cc(NC(=O)c2ccc([N+](=O)[O-])c(C)c2)ccc1O. The van der Waals surface area contributed by atoms with Crippen LogP contribution in [0.2, 0.25) is 0 Å². The first-order chi connectivity index (χ1) is 9.88. The van der Waals surface area contributed by atoms with Gasteiger partial charge in [0.2, 0.25) is 0 Å². The first-order valence-corrected chi connectivity index (χ1v) is 6.24. The molecular weight excluding hydrogens is 272 g/mol. The Morgan fingerprint density at radius 2 is 1.86 bits per heavy atom. The molecule has 2 aromatic rings. The van der Waals surface area contributed by atoms with Crippen molar-refractivity contribution in [1.82, 2.24) is 0 Å². The fraction of sp³-hybridized carbons (Fsp3) is 0.133. The number of phenols is 1. The first kappa shape index (κ1) is 14.5. The van der Waals surface area contributed by atoms with Crippen molar-refractivity contribution in [2.45, 2.75) is 13.8 Å². The third-order valence-electron chi connectivity index (χ3n) is 3.11. The number of rotatable bonds is 3. The third-order valence-corrected chi connectivity index (χ3v) is 3.11. The lowest BCUT2D eigenvalue weighted by molar-refractivity contribution is -0.385. The highest BCUT2D eigenvalue weighted by Gasteiger charge is 2.14. The average Bonchev–Trinajstić information content (AvgIpc) is 2.42. The molecule has 2 rings (SSSR count). The monoisotopic (exact) mass is 286 g/mol. The molecule has 1 amide bonds. The minimum absolute atomic E-state index is 0.0213. The Morgan fingerprint density at radius 3 is 2.43 bits per heavy atom. The van der Waals surface area contributed by atoms with Gasteiger partial charge in [-0.2, -0.15) is 0 Å². The van der Waals surface area contributed by atoms with Crippen molar-refractivity contribution in [3.05, 3.63) is 63.2 Å². The highest BCUT2D eigenvalue weighted by atomic mass is 16.6. The predicted molar refractivity (Wildman–Crippen MR) is 78.6 cm³/mol. The molecule has 108 valence electrons. The summed E-state index contributed by atoms with van der Waals surface area (Å²) in [4.78, 5) is 22.4. The summed E-state index contributed by atoms with van der Waals surface area (Å²) in [5.74, 6) is -0.211. The van der Waals surface area contributed by atoms with Crippen LogP contribution in [0.1, 0.15) is 21.5 Å². The van der Waals surface area contributed by atoms with Crippen LogP contribution in [-0.4, -0.2) is 15.9 Å². The quantitative estimate of drug-likeness (QED) is 0.515. The van der Waals surface area contributed by atoms with E-state index in [0.717, 1.165) is 0 Å². The fourth-order valence-electron chi connectivity index (χ4n) is 1.94. The van der Waals surface area contributed by atoms with Gasteiger partial charge in [-0.25, -0.2) is 0 Å². The number of amides is 1. The van der Waals surface area contributed by atoms with Crippen molar-refractivity contribution < 1.29 is 14.8 Å². The van der Waals surface area contributed by atoms with Crippen molar-refractivity contribution in [3.63, 3.8) is 0 Å². The molecule has 2 N–H and O–H groups in total. The number of benzene rings is 2. The molecule has 0 aliphatic carbocycles. The Labute approximate surface area is 121 Å². The number of phenolic OH excluding ortho intramolecular Hbond substituents is 1. The van der Waals surface area contributed by atoms with Gasteiger partial charge < -0.3 is 10.4 Å². The highest BCUT2D eigenvalue weighted by Crippen LogP contribution is 2.22. The van der Waals surface area contributed by atoms with Crippen LogP contribution in [0, 0.1) is 24.0 Å². The van der Waals surface area contributed by atoms with E-state index >= 15 is 0 Å². The fourth-order valence-corrected chi connectivity index (χ4v) is 1.94. The Hall–Kier alpha value is -2.89. The van der Waals surface area contributed by atoms with Crippen LogP contribution in [-0.2, 0) is 0 Å². The minimum Gasteiger partial charge on any atom is -0.508 e. The lowest BCUT2D eigenvalue weighted by atomic mass is 10.1. The van der Waals surface area contributed by atoms with Crippen molar-refractivity contribution >= 4 is 17.3 Å². The number of nitro groups is 1. The van der Waals surface area contributed by atoms with E-state index in [2.05, 4.69) is 5.32 Å². The summed E-state index contributed by atoms with van der Waals surface area (Å²) >= 11 is 0. The first-order valence-electron chi connectivity index (χ1n) is 6.24. The zero-order valence-corrected chi connectivity index (χ0v) is 11.6. The summed E-state index contributed by atoms with van der Waals surface area (Å²) in [7, 11) is 0. The van der Waals surface area contributed by atoms with E-state index < -0.39 is 4.92 Å². The van der Waals surface area contributed by atoms with Crippen molar-refractivity contribution in [2.75, 3.05) is 5.32 Å². The summed E-state index contributed by atoms with van der Waals surface area (Å²) in [6, 6.07) is 8.91. The molecule has 0 aliphatic heterocycles. The van der Waals surface area contributed by atoms with E-state index in [1.165, 1.54) is 24.3 Å². The number of hydrogen-bond acceptors (Lipinski definition) is 4. The van der Waals surface area contributed by atoms with Gasteiger partial charge in [-0.1, -0.05) is 0 Å². The predicted octanol–water partition coefficient (Wildman–Crippen LogP) is 3.17. The molecule has 0 saturated carbocycles. The van der Waals surface area contributed by atoms with E-state index in [-0.39, 0.29) is 17.3 Å². The van der Waals surface area contributed by atoms with Gasteiger partial charge in [-0.3, -0.25) is 14.9 Å². The smallest absolute Gasteiger partial charge is 0.272 e. The normalized spacial score (nSPS) is 10.2. The maximum Gasteiger partial charge on any atom is 0.272 e. The van der Waals surface area contributed by atoms with Gasteiger partial charge >= 0.3 is 0 Å². The molecule has 0 saturated heterocycles. The summed E-state index contributed by atoms with van der Waals surface area (Å²) in [5.41, 5.74) is 1.93. The molecule has 21 heavy (non-hydrogen) atoms. The lowest BCUT2D eigenvalue weighted by Gasteiger charge is -2.08. The largest absolute Gasteiger partial charge is 0.508 e. The number of nitrogens with one attached hydrogen (secondary N) is 1. The number of aryl methyl sites for hydroxylation is 2. The molecule has 6 nitrogen and oxygen atoms in total. The molecule has 6 heteroatoms. The zero-order chi connectivity index (χ0) is 15.6. The summed E-state index contributed by atoms with van der Waals surface area (Å²) in [6.45, 7) is 3.31. The van der Waals surface area contributed by atoms with Crippen molar-refractivity contribution in [3.8, 4) is 5.75 Å². The molecule has 0 spiro atoms. The molecule has 0 unspecified atom stereocenters. The number of nitro benzene ring substituents is 1. The number of nitrogens with zero attached hydrogens (tertiary/aromatic N) is 1. The zero-order valence-electron chi connectivity index (χ0n) is 11.6. The van der Waals surface area contributed by atoms with E-state index in [9.17, 15) is 20.0 Å². The van der Waals surface area contributed by atoms with Gasteiger partial charge in [0.1, 0.15) is 5.75 Å². The second kappa shape index (κ2) is 5.62. The number of aromatic hydroxyl groups is 1. The van der Waals surface area contributed by atoms with Crippen LogP contribution in [0.15, 0.2) is 36.4 Å². The van der Waals surface area contributed by atoms with Gasteiger partial charge in [-0.15, -0.1) is 0 Å². The number of anilines is 1. The Balaban J connectivity index is 2.22. The molecule has 0 atom stereocenters. The summed E-state index contributed by atoms with van der Waals surface area (Å²) in [6.07, 6.45) is 0. The second-order valence-corrected chi connectivity index (χ2v) is 4.71. The molecule has 0 bridgehead atoms. The summed E-state index contributed by atoms with van der Waals surface area (Å²) < 4.78 is 0. The minimum atomic E-state index is -0.486. The van der Waals surface area contributed by atoms with Gasteiger partial charge in [-0.05, 0) is 49.7 Å². The maximum absolute atomic E-state index is 12.1. The Bertz CT molecular complexity index is 726. The van der Waals surface area contributed by atoms with E-state index in [1.807, 2.05) is 0 Å². The number of carbonyl (C=O) groups is 1. The van der Waals surface area contributed by atoms with Crippen LogP contribution in [0.4, 0.5) is 11.4 Å². The second-order valence-electron chi connectivity index (χ2n) is 4.71. The van der Waals surface area contributed by atoms with Crippen LogP contribution in [0.25, 0.3) is 0 Å². The van der Waals surface area contributed by atoms with Crippen LogP contribution >= 0.6 is 0 Å². The molecule has 0 aromatic heterocycles. The van der Waals surface area contributed by atoms with Gasteiger partial charge in [0.25, 0.3) is 11.6 Å². The molecule has 0 radical (unpaired) electrons.